The van der Waals surface area contributed by atoms with E-state index in [1.165, 1.54) is 0 Å². The van der Waals surface area contributed by atoms with E-state index < -0.39 is 0 Å². The molecular formula is C16H23N5O2. The number of urea groups is 1. The number of nitrogens with one attached hydrogen (secondary N) is 1. The van der Waals surface area contributed by atoms with Gasteiger partial charge in [-0.3, -0.25) is 0 Å². The number of hydrogen-bond donors (Lipinski definition) is 1. The van der Waals surface area contributed by atoms with E-state index >= 15 is 0 Å². The standard InChI is InChI=1S/C16H23N5O2/c1-4-13-9-20(10-14(5-2)23-13)16(22)18-12-6-7-15-17-11(3)19-21(15)8-12/h6-8,13-14H,4-5,9-10H2,1-3H3,(H,18,22). The number of carbonyl (C=O) groups excluding carboxylic acids is 1. The number of ether oxygens (including phenoxy) is 1. The zero-order valence-corrected chi connectivity index (χ0v) is 13.8. The first-order valence-corrected chi connectivity index (χ1v) is 8.13. The summed E-state index contributed by atoms with van der Waals surface area (Å²) in [4.78, 5) is 18.7. The van der Waals surface area contributed by atoms with Crippen LogP contribution in [0.2, 0.25) is 0 Å². The number of amides is 2. The molecule has 7 nitrogen and oxygen atoms in total. The number of rotatable bonds is 3. The van der Waals surface area contributed by atoms with E-state index in [4.69, 9.17) is 4.74 Å². The molecule has 3 rings (SSSR count). The van der Waals surface area contributed by atoms with Gasteiger partial charge in [0.05, 0.1) is 24.1 Å². The number of aromatic nitrogens is 3. The van der Waals surface area contributed by atoms with Crippen LogP contribution in [0.5, 0.6) is 0 Å². The molecule has 2 amide bonds. The fraction of sp³-hybridized carbons (Fsp3) is 0.562. The van der Waals surface area contributed by atoms with Gasteiger partial charge in [-0.25, -0.2) is 14.3 Å². The number of carbonyl (C=O) groups is 1. The zero-order valence-electron chi connectivity index (χ0n) is 13.8. The molecule has 124 valence electrons. The first kappa shape index (κ1) is 15.7. The van der Waals surface area contributed by atoms with Crippen molar-refractivity contribution in [3.63, 3.8) is 0 Å². The van der Waals surface area contributed by atoms with E-state index in [2.05, 4.69) is 29.2 Å². The summed E-state index contributed by atoms with van der Waals surface area (Å²) in [5, 5.41) is 7.21. The number of anilines is 1. The summed E-state index contributed by atoms with van der Waals surface area (Å²) < 4.78 is 7.61. The summed E-state index contributed by atoms with van der Waals surface area (Å²) in [6, 6.07) is 3.59. The lowest BCUT2D eigenvalue weighted by atomic mass is 10.1. The molecule has 3 heterocycles. The van der Waals surface area contributed by atoms with Crippen molar-refractivity contribution >= 4 is 17.4 Å². The highest BCUT2D eigenvalue weighted by molar-refractivity contribution is 5.89. The summed E-state index contributed by atoms with van der Waals surface area (Å²) >= 11 is 0. The molecule has 0 aromatic carbocycles. The molecule has 2 aromatic heterocycles. The van der Waals surface area contributed by atoms with Gasteiger partial charge in [0.15, 0.2) is 5.65 Å². The zero-order chi connectivity index (χ0) is 16.4. The van der Waals surface area contributed by atoms with Crippen LogP contribution in [-0.4, -0.2) is 50.8 Å². The minimum atomic E-state index is -0.0959. The summed E-state index contributed by atoms with van der Waals surface area (Å²) in [5.41, 5.74) is 1.48. The van der Waals surface area contributed by atoms with Crippen molar-refractivity contribution in [2.45, 2.75) is 45.8 Å². The molecule has 1 aliphatic heterocycles. The Hall–Kier alpha value is -2.15. The van der Waals surface area contributed by atoms with Gasteiger partial charge in [0.2, 0.25) is 0 Å². The maximum absolute atomic E-state index is 12.5. The Morgan fingerprint density at radius 1 is 1.30 bits per heavy atom. The molecule has 0 bridgehead atoms. The van der Waals surface area contributed by atoms with Crippen molar-refractivity contribution in [1.82, 2.24) is 19.5 Å². The smallest absolute Gasteiger partial charge is 0.322 e. The van der Waals surface area contributed by atoms with Gasteiger partial charge in [-0.1, -0.05) is 13.8 Å². The Labute approximate surface area is 135 Å². The molecule has 2 unspecified atom stereocenters. The third-order valence-corrected chi connectivity index (χ3v) is 4.12. The van der Waals surface area contributed by atoms with Crippen LogP contribution >= 0.6 is 0 Å². The van der Waals surface area contributed by atoms with Gasteiger partial charge < -0.3 is 15.0 Å². The summed E-state index contributed by atoms with van der Waals surface area (Å²) in [5.74, 6) is 0.707. The quantitative estimate of drug-likeness (QED) is 0.944. The normalized spacial score (nSPS) is 21.6. The number of aryl methyl sites for hydroxylation is 1. The molecule has 2 aromatic rings. The van der Waals surface area contributed by atoms with Crippen LogP contribution in [0.15, 0.2) is 18.3 Å². The molecule has 0 radical (unpaired) electrons. The van der Waals surface area contributed by atoms with Crippen LogP contribution in [0.1, 0.15) is 32.5 Å². The van der Waals surface area contributed by atoms with Crippen molar-refractivity contribution in [3.05, 3.63) is 24.2 Å². The van der Waals surface area contributed by atoms with E-state index in [0.717, 1.165) is 18.5 Å². The molecule has 0 saturated carbocycles. The van der Waals surface area contributed by atoms with Gasteiger partial charge >= 0.3 is 6.03 Å². The van der Waals surface area contributed by atoms with Gasteiger partial charge in [0.25, 0.3) is 0 Å². The van der Waals surface area contributed by atoms with Crippen LogP contribution in [0.4, 0.5) is 10.5 Å². The molecular weight excluding hydrogens is 294 g/mol. The lowest BCUT2D eigenvalue weighted by Gasteiger charge is -2.37. The van der Waals surface area contributed by atoms with Crippen molar-refractivity contribution < 1.29 is 9.53 Å². The number of nitrogens with zero attached hydrogens (tertiary/aromatic N) is 4. The number of morpholine rings is 1. The number of hydrogen-bond acceptors (Lipinski definition) is 4. The average molecular weight is 317 g/mol. The monoisotopic (exact) mass is 317 g/mol. The van der Waals surface area contributed by atoms with Gasteiger partial charge in [-0.2, -0.15) is 5.10 Å². The average Bonchev–Trinajstić information content (AvgIpc) is 2.93. The molecule has 2 atom stereocenters. The molecule has 1 N–H and O–H groups in total. The Kier molecular flexibility index (Phi) is 4.47. The van der Waals surface area contributed by atoms with E-state index in [0.29, 0.717) is 24.6 Å². The maximum Gasteiger partial charge on any atom is 0.322 e. The van der Waals surface area contributed by atoms with Crippen molar-refractivity contribution in [3.8, 4) is 0 Å². The lowest BCUT2D eigenvalue weighted by molar-refractivity contribution is -0.0729. The largest absolute Gasteiger partial charge is 0.371 e. The Bertz CT molecular complexity index is 687. The molecule has 0 aliphatic carbocycles. The maximum atomic E-state index is 12.5. The molecule has 0 spiro atoms. The lowest BCUT2D eigenvalue weighted by Crippen LogP contribution is -2.51. The Balaban J connectivity index is 1.71. The number of fused-ring (bicyclic) bond motifs is 1. The van der Waals surface area contributed by atoms with Crippen molar-refractivity contribution in [1.29, 1.82) is 0 Å². The van der Waals surface area contributed by atoms with E-state index in [-0.39, 0.29) is 18.2 Å². The number of pyridine rings is 1. The summed E-state index contributed by atoms with van der Waals surface area (Å²) in [6.07, 6.45) is 3.82. The Morgan fingerprint density at radius 2 is 2.00 bits per heavy atom. The third-order valence-electron chi connectivity index (χ3n) is 4.12. The first-order chi connectivity index (χ1) is 11.1. The topological polar surface area (TPSA) is 71.8 Å². The van der Waals surface area contributed by atoms with Gasteiger partial charge in [-0.05, 0) is 31.9 Å². The molecule has 1 fully saturated rings. The van der Waals surface area contributed by atoms with Crippen molar-refractivity contribution in [2.24, 2.45) is 0 Å². The summed E-state index contributed by atoms with van der Waals surface area (Å²) in [6.45, 7) is 7.27. The van der Waals surface area contributed by atoms with Gasteiger partial charge in [0.1, 0.15) is 5.82 Å². The highest BCUT2D eigenvalue weighted by atomic mass is 16.5. The van der Waals surface area contributed by atoms with E-state index in [9.17, 15) is 4.79 Å². The molecule has 23 heavy (non-hydrogen) atoms. The second kappa shape index (κ2) is 6.54. The van der Waals surface area contributed by atoms with Crippen molar-refractivity contribution in [2.75, 3.05) is 18.4 Å². The van der Waals surface area contributed by atoms with Crippen LogP contribution < -0.4 is 5.32 Å². The Morgan fingerprint density at radius 3 is 2.65 bits per heavy atom. The highest BCUT2D eigenvalue weighted by Crippen LogP contribution is 2.18. The molecule has 1 saturated heterocycles. The van der Waals surface area contributed by atoms with E-state index in [1.54, 1.807) is 10.7 Å². The fourth-order valence-corrected chi connectivity index (χ4v) is 2.81. The minimum Gasteiger partial charge on any atom is -0.371 e. The molecule has 7 heteroatoms. The van der Waals surface area contributed by atoms with Gasteiger partial charge in [0, 0.05) is 13.1 Å². The van der Waals surface area contributed by atoms with Crippen LogP contribution in [0.3, 0.4) is 0 Å². The van der Waals surface area contributed by atoms with Crippen LogP contribution in [0.25, 0.3) is 5.65 Å². The van der Waals surface area contributed by atoms with Crippen LogP contribution in [0, 0.1) is 6.92 Å². The molecule has 1 aliphatic rings. The second-order valence-electron chi connectivity index (χ2n) is 5.91. The first-order valence-electron chi connectivity index (χ1n) is 8.13. The third kappa shape index (κ3) is 3.44. The fourth-order valence-electron chi connectivity index (χ4n) is 2.81. The second-order valence-corrected chi connectivity index (χ2v) is 5.91. The highest BCUT2D eigenvalue weighted by Gasteiger charge is 2.28. The van der Waals surface area contributed by atoms with Gasteiger partial charge in [-0.15, -0.1) is 0 Å². The van der Waals surface area contributed by atoms with E-state index in [1.807, 2.05) is 24.0 Å². The predicted molar refractivity (Wildman–Crippen MR) is 87.6 cm³/mol. The summed E-state index contributed by atoms with van der Waals surface area (Å²) in [7, 11) is 0. The minimum absolute atomic E-state index is 0.0959. The predicted octanol–water partition coefficient (Wildman–Crippen LogP) is 2.46. The van der Waals surface area contributed by atoms with Crippen LogP contribution in [-0.2, 0) is 4.74 Å². The SMILES string of the molecule is CCC1CN(C(=O)Nc2ccc3nc(C)nn3c2)CC(CC)O1.